The summed E-state index contributed by atoms with van der Waals surface area (Å²) in [5, 5.41) is 0. The maximum atomic E-state index is 11.6. The second-order valence-electron chi connectivity index (χ2n) is 3.88. The number of carbonyl (C=O) groups is 1. The van der Waals surface area contributed by atoms with Crippen LogP contribution in [0.25, 0.3) is 6.08 Å². The lowest BCUT2D eigenvalue weighted by Crippen LogP contribution is -2.08. The summed E-state index contributed by atoms with van der Waals surface area (Å²) < 4.78 is 5.17. The standard InChI is InChI=1S/C14H14O2/c1-3-12-10(2)16-14(15)13(12)9-11-7-5-4-6-8-11/h3-10,12H,1H2,2H3/b13-9-. The molecule has 0 aromatic heterocycles. The van der Waals surface area contributed by atoms with Crippen molar-refractivity contribution < 1.29 is 9.53 Å². The van der Waals surface area contributed by atoms with E-state index in [9.17, 15) is 4.79 Å². The fourth-order valence-electron chi connectivity index (χ4n) is 1.90. The average Bonchev–Trinajstić information content (AvgIpc) is 2.55. The molecule has 0 radical (unpaired) electrons. The van der Waals surface area contributed by atoms with E-state index in [-0.39, 0.29) is 18.0 Å². The summed E-state index contributed by atoms with van der Waals surface area (Å²) >= 11 is 0. The van der Waals surface area contributed by atoms with Crippen LogP contribution in [0, 0.1) is 5.92 Å². The molecule has 0 N–H and O–H groups in total. The Balaban J connectivity index is 2.36. The van der Waals surface area contributed by atoms with E-state index in [0.717, 1.165) is 5.56 Å². The molecule has 2 atom stereocenters. The minimum absolute atomic E-state index is 0.00675. The molecule has 2 rings (SSSR count). The van der Waals surface area contributed by atoms with Crippen LogP contribution in [0.2, 0.25) is 0 Å². The molecule has 82 valence electrons. The minimum atomic E-state index is -0.235. The number of benzene rings is 1. The highest BCUT2D eigenvalue weighted by Gasteiger charge is 2.34. The van der Waals surface area contributed by atoms with E-state index < -0.39 is 0 Å². The van der Waals surface area contributed by atoms with E-state index in [1.165, 1.54) is 0 Å². The smallest absolute Gasteiger partial charge is 0.335 e. The number of cyclic esters (lactones) is 1. The van der Waals surface area contributed by atoms with Crippen molar-refractivity contribution >= 4 is 12.0 Å². The Labute approximate surface area is 95.2 Å². The van der Waals surface area contributed by atoms with Crippen molar-refractivity contribution in [1.82, 2.24) is 0 Å². The predicted molar refractivity (Wildman–Crippen MR) is 63.7 cm³/mol. The van der Waals surface area contributed by atoms with Crippen LogP contribution in [-0.4, -0.2) is 12.1 Å². The van der Waals surface area contributed by atoms with Crippen molar-refractivity contribution in [1.29, 1.82) is 0 Å². The summed E-state index contributed by atoms with van der Waals surface area (Å²) in [5.74, 6) is -0.242. The normalized spacial score (nSPS) is 26.8. The molecule has 1 aliphatic rings. The zero-order valence-electron chi connectivity index (χ0n) is 9.22. The maximum absolute atomic E-state index is 11.6. The molecule has 0 bridgehead atoms. The number of ether oxygens (including phenoxy) is 1. The third-order valence-electron chi connectivity index (χ3n) is 2.77. The number of hydrogen-bond acceptors (Lipinski definition) is 2. The number of hydrogen-bond donors (Lipinski definition) is 0. The summed E-state index contributed by atoms with van der Waals surface area (Å²) in [6.45, 7) is 5.63. The quantitative estimate of drug-likeness (QED) is 0.430. The van der Waals surface area contributed by atoms with Crippen LogP contribution in [0.1, 0.15) is 12.5 Å². The van der Waals surface area contributed by atoms with Gasteiger partial charge in [-0.25, -0.2) is 4.79 Å². The van der Waals surface area contributed by atoms with E-state index in [0.29, 0.717) is 5.57 Å². The SMILES string of the molecule is C=CC1/C(=C/c2ccccc2)C(=O)OC1C. The largest absolute Gasteiger partial charge is 0.458 e. The topological polar surface area (TPSA) is 26.3 Å². The second-order valence-corrected chi connectivity index (χ2v) is 3.88. The first-order chi connectivity index (χ1) is 7.72. The van der Waals surface area contributed by atoms with Crippen LogP contribution in [0.3, 0.4) is 0 Å². The Morgan fingerprint density at radius 2 is 2.00 bits per heavy atom. The molecule has 0 amide bonds. The first-order valence-electron chi connectivity index (χ1n) is 5.32. The van der Waals surface area contributed by atoms with Gasteiger partial charge in [0.15, 0.2) is 0 Å². The second kappa shape index (κ2) is 4.35. The lowest BCUT2D eigenvalue weighted by molar-refractivity contribution is -0.138. The fourth-order valence-corrected chi connectivity index (χ4v) is 1.90. The van der Waals surface area contributed by atoms with Crippen LogP contribution in [0.4, 0.5) is 0 Å². The third kappa shape index (κ3) is 1.91. The Kier molecular flexibility index (Phi) is 2.91. The molecule has 2 unspecified atom stereocenters. The molecule has 0 aliphatic carbocycles. The van der Waals surface area contributed by atoms with Crippen molar-refractivity contribution in [2.75, 3.05) is 0 Å². The van der Waals surface area contributed by atoms with Gasteiger partial charge in [-0.2, -0.15) is 0 Å². The molecule has 0 spiro atoms. The van der Waals surface area contributed by atoms with E-state index in [1.807, 2.05) is 43.3 Å². The molecule has 1 aromatic carbocycles. The van der Waals surface area contributed by atoms with Gasteiger partial charge in [-0.05, 0) is 18.6 Å². The highest BCUT2D eigenvalue weighted by atomic mass is 16.5. The van der Waals surface area contributed by atoms with Gasteiger partial charge in [-0.1, -0.05) is 36.4 Å². The molecule has 2 nitrogen and oxygen atoms in total. The zero-order chi connectivity index (χ0) is 11.5. The van der Waals surface area contributed by atoms with Gasteiger partial charge in [0.25, 0.3) is 0 Å². The van der Waals surface area contributed by atoms with Crippen molar-refractivity contribution in [2.45, 2.75) is 13.0 Å². The van der Waals surface area contributed by atoms with Crippen molar-refractivity contribution in [3.8, 4) is 0 Å². The zero-order valence-corrected chi connectivity index (χ0v) is 9.22. The van der Waals surface area contributed by atoms with Gasteiger partial charge in [0.1, 0.15) is 6.10 Å². The summed E-state index contributed by atoms with van der Waals surface area (Å²) in [4.78, 5) is 11.6. The van der Waals surface area contributed by atoms with E-state index >= 15 is 0 Å². The number of carbonyl (C=O) groups excluding carboxylic acids is 1. The molecule has 1 saturated heterocycles. The van der Waals surface area contributed by atoms with Crippen LogP contribution >= 0.6 is 0 Å². The molecule has 0 saturated carbocycles. The molecule has 1 aliphatic heterocycles. The summed E-state index contributed by atoms with van der Waals surface area (Å²) in [7, 11) is 0. The molecule has 1 aromatic rings. The van der Waals surface area contributed by atoms with Gasteiger partial charge in [0, 0.05) is 11.5 Å². The Bertz CT molecular complexity index is 431. The van der Waals surface area contributed by atoms with E-state index in [4.69, 9.17) is 4.74 Å². The molecule has 2 heteroatoms. The predicted octanol–water partition coefficient (Wildman–Crippen LogP) is 2.82. The number of rotatable bonds is 2. The third-order valence-corrected chi connectivity index (χ3v) is 2.77. The lowest BCUT2D eigenvalue weighted by Gasteiger charge is -2.06. The molecule has 1 fully saturated rings. The van der Waals surface area contributed by atoms with Crippen LogP contribution in [0.15, 0.2) is 48.6 Å². The monoisotopic (exact) mass is 214 g/mol. The Morgan fingerprint density at radius 1 is 1.31 bits per heavy atom. The summed E-state index contributed by atoms with van der Waals surface area (Å²) in [5.41, 5.74) is 1.70. The molecular formula is C14H14O2. The number of esters is 1. The maximum Gasteiger partial charge on any atom is 0.335 e. The average molecular weight is 214 g/mol. The van der Waals surface area contributed by atoms with E-state index in [1.54, 1.807) is 6.08 Å². The highest BCUT2D eigenvalue weighted by Crippen LogP contribution is 2.29. The van der Waals surface area contributed by atoms with Crippen LogP contribution in [-0.2, 0) is 9.53 Å². The van der Waals surface area contributed by atoms with E-state index in [2.05, 4.69) is 6.58 Å². The van der Waals surface area contributed by atoms with Crippen LogP contribution in [0.5, 0.6) is 0 Å². The van der Waals surface area contributed by atoms with Gasteiger partial charge in [-0.3, -0.25) is 0 Å². The van der Waals surface area contributed by atoms with Gasteiger partial charge in [-0.15, -0.1) is 6.58 Å². The highest BCUT2D eigenvalue weighted by molar-refractivity contribution is 5.96. The van der Waals surface area contributed by atoms with Gasteiger partial charge in [0.05, 0.1) is 0 Å². The van der Waals surface area contributed by atoms with Gasteiger partial charge >= 0.3 is 5.97 Å². The van der Waals surface area contributed by atoms with Crippen LogP contribution < -0.4 is 0 Å². The van der Waals surface area contributed by atoms with Gasteiger partial charge in [0.2, 0.25) is 0 Å². The lowest BCUT2D eigenvalue weighted by atomic mass is 9.95. The summed E-state index contributed by atoms with van der Waals surface area (Å²) in [6.07, 6.45) is 3.53. The first-order valence-corrected chi connectivity index (χ1v) is 5.32. The molecule has 1 heterocycles. The fraction of sp³-hybridized carbons (Fsp3) is 0.214. The molecule has 16 heavy (non-hydrogen) atoms. The van der Waals surface area contributed by atoms with Gasteiger partial charge < -0.3 is 4.74 Å². The Morgan fingerprint density at radius 3 is 2.62 bits per heavy atom. The van der Waals surface area contributed by atoms with Crippen molar-refractivity contribution in [2.24, 2.45) is 5.92 Å². The summed E-state index contributed by atoms with van der Waals surface area (Å²) in [6, 6.07) is 9.76. The van der Waals surface area contributed by atoms with Crippen molar-refractivity contribution in [3.63, 3.8) is 0 Å². The first kappa shape index (κ1) is 10.7. The molecular weight excluding hydrogens is 200 g/mol. The van der Waals surface area contributed by atoms with Crippen molar-refractivity contribution in [3.05, 3.63) is 54.1 Å². The Hall–Kier alpha value is -1.83. The minimum Gasteiger partial charge on any atom is -0.458 e.